The molecule has 0 amide bonds. The third-order valence-electron chi connectivity index (χ3n) is 3.79. The van der Waals surface area contributed by atoms with Gasteiger partial charge in [0, 0.05) is 11.0 Å². The molecule has 7 heteroatoms. The molecule has 0 atom stereocenters. The van der Waals surface area contributed by atoms with E-state index in [1.165, 1.54) is 13.2 Å². The fraction of sp³-hybridized carbons (Fsp3) is 0.571. The average Bonchev–Trinajstić information content (AvgIpc) is 2.47. The Labute approximate surface area is 133 Å². The van der Waals surface area contributed by atoms with Crippen molar-refractivity contribution in [3.05, 3.63) is 22.7 Å². The smallest absolute Gasteiger partial charge is 0.244 e. The highest BCUT2D eigenvalue weighted by Gasteiger charge is 2.24. The Kier molecular flexibility index (Phi) is 5.65. The zero-order valence-corrected chi connectivity index (χ0v) is 14.3. The van der Waals surface area contributed by atoms with E-state index in [2.05, 4.69) is 20.7 Å². The molecule has 0 aliphatic heterocycles. The first-order chi connectivity index (χ1) is 9.92. The zero-order valence-electron chi connectivity index (χ0n) is 11.9. The fourth-order valence-corrected chi connectivity index (χ4v) is 4.34. The van der Waals surface area contributed by atoms with Gasteiger partial charge in [-0.3, -0.25) is 0 Å². The first-order valence-corrected chi connectivity index (χ1v) is 9.21. The number of methoxy groups -OCH3 is 1. The van der Waals surface area contributed by atoms with Crippen LogP contribution < -0.4 is 9.46 Å². The van der Waals surface area contributed by atoms with Crippen molar-refractivity contribution in [1.29, 1.82) is 0 Å². The number of rotatable bonds is 5. The zero-order chi connectivity index (χ0) is 15.5. The monoisotopic (exact) mass is 377 g/mol. The van der Waals surface area contributed by atoms with E-state index in [-0.39, 0.29) is 16.9 Å². The van der Waals surface area contributed by atoms with Crippen molar-refractivity contribution < 1.29 is 18.3 Å². The summed E-state index contributed by atoms with van der Waals surface area (Å²) in [6.07, 6.45) is 2.95. The Morgan fingerprint density at radius 1 is 1.33 bits per heavy atom. The highest BCUT2D eigenvalue weighted by Crippen LogP contribution is 2.28. The summed E-state index contributed by atoms with van der Waals surface area (Å²) in [6.45, 7) is 0.394. The summed E-state index contributed by atoms with van der Waals surface area (Å²) in [5, 5.41) is 9.47. The summed E-state index contributed by atoms with van der Waals surface area (Å²) in [7, 11) is -2.16. The second-order valence-corrected chi connectivity index (χ2v) is 7.97. The van der Waals surface area contributed by atoms with Gasteiger partial charge >= 0.3 is 0 Å². The summed E-state index contributed by atoms with van der Waals surface area (Å²) in [6, 6.07) is 4.89. The molecule has 0 spiro atoms. The molecule has 0 bridgehead atoms. The van der Waals surface area contributed by atoms with E-state index >= 15 is 0 Å². The summed E-state index contributed by atoms with van der Waals surface area (Å²) >= 11 is 3.28. The number of hydrogen-bond acceptors (Lipinski definition) is 4. The SMILES string of the molecule is COc1ccc(Br)cc1S(=O)(=O)NCC1CCC(O)CC1. The number of hydrogen-bond donors (Lipinski definition) is 2. The number of ether oxygens (including phenoxy) is 1. The van der Waals surface area contributed by atoms with E-state index in [0.717, 1.165) is 25.7 Å². The van der Waals surface area contributed by atoms with E-state index in [9.17, 15) is 13.5 Å². The van der Waals surface area contributed by atoms with E-state index in [1.54, 1.807) is 12.1 Å². The van der Waals surface area contributed by atoms with Crippen LogP contribution in [-0.4, -0.2) is 33.3 Å². The molecule has 1 fully saturated rings. The second-order valence-electron chi connectivity index (χ2n) is 5.32. The maximum absolute atomic E-state index is 12.4. The average molecular weight is 378 g/mol. The van der Waals surface area contributed by atoms with E-state index in [1.807, 2.05) is 0 Å². The molecule has 0 aromatic heterocycles. The standard InChI is InChI=1S/C14H20BrNO4S/c1-20-13-7-4-11(15)8-14(13)21(18,19)16-9-10-2-5-12(17)6-3-10/h4,7-8,10,12,16-17H,2-3,5-6,9H2,1H3. The Balaban J connectivity index is 2.06. The predicted molar refractivity (Wildman–Crippen MR) is 83.8 cm³/mol. The predicted octanol–water partition coefficient (Wildman–Crippen LogP) is 2.29. The first-order valence-electron chi connectivity index (χ1n) is 6.93. The quantitative estimate of drug-likeness (QED) is 0.825. The van der Waals surface area contributed by atoms with Gasteiger partial charge in [0.05, 0.1) is 13.2 Å². The lowest BCUT2D eigenvalue weighted by molar-refractivity contribution is 0.109. The van der Waals surface area contributed by atoms with E-state index in [0.29, 0.717) is 16.8 Å². The van der Waals surface area contributed by atoms with Gasteiger partial charge in [0.2, 0.25) is 10.0 Å². The molecular weight excluding hydrogens is 358 g/mol. The van der Waals surface area contributed by atoms with Crippen LogP contribution in [0.25, 0.3) is 0 Å². The summed E-state index contributed by atoms with van der Waals surface area (Å²) in [4.78, 5) is 0.134. The summed E-state index contributed by atoms with van der Waals surface area (Å²) in [5.41, 5.74) is 0. The topological polar surface area (TPSA) is 75.6 Å². The van der Waals surface area contributed by atoms with Crippen LogP contribution in [0.2, 0.25) is 0 Å². The van der Waals surface area contributed by atoms with Crippen LogP contribution in [0.5, 0.6) is 5.75 Å². The van der Waals surface area contributed by atoms with Gasteiger partial charge in [0.25, 0.3) is 0 Å². The molecule has 21 heavy (non-hydrogen) atoms. The molecule has 5 nitrogen and oxygen atoms in total. The molecule has 0 saturated heterocycles. The third kappa shape index (κ3) is 4.42. The van der Waals surface area contributed by atoms with Crippen LogP contribution in [0, 0.1) is 5.92 Å². The molecule has 2 rings (SSSR count). The maximum atomic E-state index is 12.4. The van der Waals surface area contributed by atoms with Gasteiger partial charge in [-0.2, -0.15) is 0 Å². The Morgan fingerprint density at radius 2 is 2.00 bits per heavy atom. The van der Waals surface area contributed by atoms with Crippen LogP contribution in [0.4, 0.5) is 0 Å². The highest BCUT2D eigenvalue weighted by molar-refractivity contribution is 9.10. The van der Waals surface area contributed by atoms with Crippen molar-refractivity contribution in [1.82, 2.24) is 4.72 Å². The molecule has 2 N–H and O–H groups in total. The Hall–Kier alpha value is -0.630. The van der Waals surface area contributed by atoms with Crippen molar-refractivity contribution in [2.24, 2.45) is 5.92 Å². The summed E-state index contributed by atoms with van der Waals surface area (Å²) < 4.78 is 33.3. The van der Waals surface area contributed by atoms with Crippen molar-refractivity contribution in [2.45, 2.75) is 36.7 Å². The lowest BCUT2D eigenvalue weighted by Gasteiger charge is -2.25. The Bertz CT molecular complexity index is 583. The molecular formula is C14H20BrNO4S. The molecule has 0 heterocycles. The van der Waals surface area contributed by atoms with Crippen LogP contribution >= 0.6 is 15.9 Å². The number of aliphatic hydroxyl groups is 1. The number of halogens is 1. The molecule has 118 valence electrons. The minimum absolute atomic E-state index is 0.134. The molecule has 1 aliphatic carbocycles. The van der Waals surface area contributed by atoms with E-state index < -0.39 is 10.0 Å². The fourth-order valence-electron chi connectivity index (χ4n) is 2.51. The highest BCUT2D eigenvalue weighted by atomic mass is 79.9. The van der Waals surface area contributed by atoms with Gasteiger partial charge in [-0.15, -0.1) is 0 Å². The lowest BCUT2D eigenvalue weighted by atomic mass is 9.88. The van der Waals surface area contributed by atoms with Crippen molar-refractivity contribution in [3.63, 3.8) is 0 Å². The maximum Gasteiger partial charge on any atom is 0.244 e. The van der Waals surface area contributed by atoms with Crippen LogP contribution in [0.3, 0.4) is 0 Å². The van der Waals surface area contributed by atoms with Gasteiger partial charge in [-0.25, -0.2) is 13.1 Å². The van der Waals surface area contributed by atoms with Crippen LogP contribution in [-0.2, 0) is 10.0 Å². The van der Waals surface area contributed by atoms with Gasteiger partial charge in [-0.05, 0) is 49.8 Å². The van der Waals surface area contributed by atoms with Gasteiger partial charge < -0.3 is 9.84 Å². The molecule has 0 unspecified atom stereocenters. The second kappa shape index (κ2) is 7.09. The first kappa shape index (κ1) is 16.7. The molecule has 1 aromatic rings. The van der Waals surface area contributed by atoms with Crippen molar-refractivity contribution in [2.75, 3.05) is 13.7 Å². The normalized spacial score (nSPS) is 23.0. The summed E-state index contributed by atoms with van der Waals surface area (Å²) in [5.74, 6) is 0.603. The molecule has 1 aromatic carbocycles. The van der Waals surface area contributed by atoms with Crippen LogP contribution in [0.15, 0.2) is 27.6 Å². The van der Waals surface area contributed by atoms with Gasteiger partial charge in [0.1, 0.15) is 10.6 Å². The minimum Gasteiger partial charge on any atom is -0.495 e. The number of sulfonamides is 1. The van der Waals surface area contributed by atoms with Gasteiger partial charge in [-0.1, -0.05) is 15.9 Å². The van der Waals surface area contributed by atoms with Crippen LogP contribution in [0.1, 0.15) is 25.7 Å². The van der Waals surface area contributed by atoms with E-state index in [4.69, 9.17) is 4.74 Å². The third-order valence-corrected chi connectivity index (χ3v) is 5.73. The number of benzene rings is 1. The molecule has 1 saturated carbocycles. The largest absolute Gasteiger partial charge is 0.495 e. The van der Waals surface area contributed by atoms with Crippen molar-refractivity contribution >= 4 is 26.0 Å². The Morgan fingerprint density at radius 3 is 2.62 bits per heavy atom. The van der Waals surface area contributed by atoms with Crippen molar-refractivity contribution in [3.8, 4) is 5.75 Å². The molecule has 1 aliphatic rings. The number of aliphatic hydroxyl groups excluding tert-OH is 1. The number of nitrogens with one attached hydrogen (secondary N) is 1. The van der Waals surface area contributed by atoms with Gasteiger partial charge in [0.15, 0.2) is 0 Å². The molecule has 0 radical (unpaired) electrons. The lowest BCUT2D eigenvalue weighted by Crippen LogP contribution is -2.32. The minimum atomic E-state index is -3.61.